The van der Waals surface area contributed by atoms with Crippen LogP contribution in [0, 0.1) is 5.41 Å². The number of carbonyl (C=O) groups is 2. The molecule has 0 unspecified atom stereocenters. The van der Waals surface area contributed by atoms with Gasteiger partial charge in [0.15, 0.2) is 0 Å². The summed E-state index contributed by atoms with van der Waals surface area (Å²) in [7, 11) is 0. The third kappa shape index (κ3) is 2.55. The summed E-state index contributed by atoms with van der Waals surface area (Å²) in [5.41, 5.74) is 0.332. The predicted octanol–water partition coefficient (Wildman–Crippen LogP) is 1.66. The maximum Gasteiger partial charge on any atom is 0.409 e. The van der Waals surface area contributed by atoms with Gasteiger partial charge in [0.05, 0.1) is 6.61 Å². The number of hydrogen-bond donors (Lipinski definition) is 0. The van der Waals surface area contributed by atoms with Gasteiger partial charge in [-0.25, -0.2) is 4.79 Å². The summed E-state index contributed by atoms with van der Waals surface area (Å²) in [5.74, 6) is 0.407. The molecule has 2 aliphatic heterocycles. The molecule has 0 aromatic carbocycles. The largest absolute Gasteiger partial charge is 0.450 e. The first-order valence-corrected chi connectivity index (χ1v) is 7.79. The van der Waals surface area contributed by atoms with Gasteiger partial charge in [0.1, 0.15) is 5.78 Å². The van der Waals surface area contributed by atoms with Crippen LogP contribution in [0.2, 0.25) is 0 Å². The summed E-state index contributed by atoms with van der Waals surface area (Å²) >= 11 is 0. The lowest BCUT2D eigenvalue weighted by atomic mass is 9.64. The van der Waals surface area contributed by atoms with Gasteiger partial charge in [-0.05, 0) is 31.6 Å². The Kier molecular flexibility index (Phi) is 3.71. The molecule has 0 radical (unpaired) electrons. The fourth-order valence-corrected chi connectivity index (χ4v) is 3.98. The molecule has 1 spiro atoms. The van der Waals surface area contributed by atoms with Crippen molar-refractivity contribution >= 4 is 11.9 Å². The van der Waals surface area contributed by atoms with Gasteiger partial charge in [0.2, 0.25) is 0 Å². The Bertz CT molecular complexity index is 394. The SMILES string of the molecule is CCOC(=O)N1CCC2(CC(N3CCC(=O)CC3)C2)C1. The highest BCUT2D eigenvalue weighted by Crippen LogP contribution is 2.50. The first-order chi connectivity index (χ1) is 9.62. The average molecular weight is 280 g/mol. The number of amides is 1. The van der Waals surface area contributed by atoms with Crippen molar-refractivity contribution in [2.45, 2.75) is 45.1 Å². The minimum Gasteiger partial charge on any atom is -0.450 e. The van der Waals surface area contributed by atoms with Gasteiger partial charge >= 0.3 is 6.09 Å². The van der Waals surface area contributed by atoms with E-state index in [0.29, 0.717) is 23.8 Å². The Morgan fingerprint density at radius 2 is 2.00 bits per heavy atom. The van der Waals surface area contributed by atoms with Crippen LogP contribution in [0.3, 0.4) is 0 Å². The Morgan fingerprint density at radius 1 is 1.30 bits per heavy atom. The fraction of sp³-hybridized carbons (Fsp3) is 0.867. The first-order valence-electron chi connectivity index (χ1n) is 7.79. The second-order valence-electron chi connectivity index (χ2n) is 6.51. The van der Waals surface area contributed by atoms with E-state index in [1.807, 2.05) is 11.8 Å². The summed E-state index contributed by atoms with van der Waals surface area (Å²) in [5, 5.41) is 0. The molecule has 2 heterocycles. The first kappa shape index (κ1) is 13.9. The minimum atomic E-state index is -0.156. The van der Waals surface area contributed by atoms with Gasteiger partial charge in [-0.15, -0.1) is 0 Å². The second kappa shape index (κ2) is 5.35. The molecule has 5 nitrogen and oxygen atoms in total. The average Bonchev–Trinajstić information content (AvgIpc) is 2.84. The Hall–Kier alpha value is -1.10. The molecule has 0 atom stereocenters. The van der Waals surface area contributed by atoms with E-state index < -0.39 is 0 Å². The lowest BCUT2D eigenvalue weighted by Gasteiger charge is -2.50. The van der Waals surface area contributed by atoms with Crippen molar-refractivity contribution in [1.29, 1.82) is 0 Å². The van der Waals surface area contributed by atoms with Gasteiger partial charge < -0.3 is 9.64 Å². The lowest BCUT2D eigenvalue weighted by molar-refractivity contribution is -0.123. The normalized spacial score (nSPS) is 34.4. The molecule has 0 aromatic heterocycles. The monoisotopic (exact) mass is 280 g/mol. The van der Waals surface area contributed by atoms with Crippen LogP contribution >= 0.6 is 0 Å². The van der Waals surface area contributed by atoms with Crippen LogP contribution in [-0.2, 0) is 9.53 Å². The summed E-state index contributed by atoms with van der Waals surface area (Å²) in [6.07, 6.45) is 4.75. The van der Waals surface area contributed by atoms with Crippen molar-refractivity contribution in [3.05, 3.63) is 0 Å². The molecule has 2 saturated heterocycles. The molecule has 0 aromatic rings. The standard InChI is InChI=1S/C15H24N2O3/c1-2-20-14(19)17-8-5-15(11-17)9-12(10-15)16-6-3-13(18)4-7-16/h12H,2-11H2,1H3. The zero-order chi connectivity index (χ0) is 14.2. The molecule has 0 N–H and O–H groups in total. The molecule has 1 saturated carbocycles. The van der Waals surface area contributed by atoms with E-state index in [2.05, 4.69) is 4.90 Å². The van der Waals surface area contributed by atoms with E-state index in [9.17, 15) is 9.59 Å². The maximum absolute atomic E-state index is 11.7. The van der Waals surface area contributed by atoms with Gasteiger partial charge in [-0.3, -0.25) is 9.69 Å². The number of piperidine rings is 1. The minimum absolute atomic E-state index is 0.156. The molecule has 20 heavy (non-hydrogen) atoms. The Morgan fingerprint density at radius 3 is 2.65 bits per heavy atom. The van der Waals surface area contributed by atoms with Crippen LogP contribution in [0.5, 0.6) is 0 Å². The number of ether oxygens (including phenoxy) is 1. The third-order valence-corrected chi connectivity index (χ3v) is 5.17. The quantitative estimate of drug-likeness (QED) is 0.772. The highest BCUT2D eigenvalue weighted by atomic mass is 16.6. The number of ketones is 1. The zero-order valence-corrected chi connectivity index (χ0v) is 12.3. The smallest absolute Gasteiger partial charge is 0.409 e. The van der Waals surface area contributed by atoms with Crippen LogP contribution in [0.15, 0.2) is 0 Å². The van der Waals surface area contributed by atoms with E-state index in [4.69, 9.17) is 4.74 Å². The highest BCUT2D eigenvalue weighted by Gasteiger charge is 2.51. The molecule has 3 fully saturated rings. The van der Waals surface area contributed by atoms with E-state index >= 15 is 0 Å². The molecule has 5 heteroatoms. The van der Waals surface area contributed by atoms with E-state index in [-0.39, 0.29) is 6.09 Å². The van der Waals surface area contributed by atoms with Crippen molar-refractivity contribution < 1.29 is 14.3 Å². The molecular formula is C15H24N2O3. The molecule has 3 aliphatic rings. The van der Waals surface area contributed by atoms with Crippen molar-refractivity contribution in [1.82, 2.24) is 9.80 Å². The van der Waals surface area contributed by atoms with E-state index in [1.165, 1.54) is 12.8 Å². The van der Waals surface area contributed by atoms with Crippen LogP contribution in [0.4, 0.5) is 4.79 Å². The summed E-state index contributed by atoms with van der Waals surface area (Å²) < 4.78 is 5.08. The van der Waals surface area contributed by atoms with E-state index in [1.54, 1.807) is 0 Å². The topological polar surface area (TPSA) is 49.9 Å². The molecule has 1 aliphatic carbocycles. The molecular weight excluding hydrogens is 256 g/mol. The predicted molar refractivity (Wildman–Crippen MR) is 74.5 cm³/mol. The number of nitrogens with zero attached hydrogens (tertiary/aromatic N) is 2. The van der Waals surface area contributed by atoms with Crippen LogP contribution in [0.25, 0.3) is 0 Å². The maximum atomic E-state index is 11.7. The van der Waals surface area contributed by atoms with Gasteiger partial charge in [-0.1, -0.05) is 0 Å². The van der Waals surface area contributed by atoms with Crippen molar-refractivity contribution in [2.75, 3.05) is 32.8 Å². The van der Waals surface area contributed by atoms with Crippen LogP contribution in [0.1, 0.15) is 39.0 Å². The van der Waals surface area contributed by atoms with Gasteiger partial charge in [0.25, 0.3) is 0 Å². The summed E-state index contributed by atoms with van der Waals surface area (Å²) in [4.78, 5) is 27.4. The van der Waals surface area contributed by atoms with Crippen LogP contribution < -0.4 is 0 Å². The highest BCUT2D eigenvalue weighted by molar-refractivity contribution is 5.79. The number of rotatable bonds is 2. The summed E-state index contributed by atoms with van der Waals surface area (Å²) in [6.45, 7) is 5.86. The Labute approximate surface area is 120 Å². The third-order valence-electron chi connectivity index (χ3n) is 5.17. The summed E-state index contributed by atoms with van der Waals surface area (Å²) in [6, 6.07) is 0.630. The van der Waals surface area contributed by atoms with E-state index in [0.717, 1.165) is 45.4 Å². The van der Waals surface area contributed by atoms with Crippen molar-refractivity contribution in [2.24, 2.45) is 5.41 Å². The van der Waals surface area contributed by atoms with Gasteiger partial charge in [-0.2, -0.15) is 0 Å². The Balaban J connectivity index is 1.48. The van der Waals surface area contributed by atoms with Crippen molar-refractivity contribution in [3.8, 4) is 0 Å². The number of likely N-dealkylation sites (tertiary alicyclic amines) is 2. The molecule has 0 bridgehead atoms. The lowest BCUT2D eigenvalue weighted by Crippen LogP contribution is -2.54. The zero-order valence-electron chi connectivity index (χ0n) is 12.3. The second-order valence-corrected chi connectivity index (χ2v) is 6.51. The van der Waals surface area contributed by atoms with Crippen molar-refractivity contribution in [3.63, 3.8) is 0 Å². The van der Waals surface area contributed by atoms with Crippen LogP contribution in [-0.4, -0.2) is 60.5 Å². The molecule has 3 rings (SSSR count). The van der Waals surface area contributed by atoms with Gasteiger partial charge in [0, 0.05) is 45.1 Å². The number of carbonyl (C=O) groups excluding carboxylic acids is 2. The molecule has 112 valence electrons. The fourth-order valence-electron chi connectivity index (χ4n) is 3.98. The molecule has 1 amide bonds. The number of Topliss-reactive ketones (excluding diaryl/α,β-unsaturated/α-hetero) is 1. The number of hydrogen-bond acceptors (Lipinski definition) is 4.